The summed E-state index contributed by atoms with van der Waals surface area (Å²) in [6.07, 6.45) is 8.88. The molecular formula is C14H16BrN4O+. The third kappa shape index (κ3) is 1.83. The van der Waals surface area contributed by atoms with Crippen molar-refractivity contribution >= 4 is 32.8 Å². The third-order valence-corrected chi connectivity index (χ3v) is 4.95. The van der Waals surface area contributed by atoms with Gasteiger partial charge in [0.1, 0.15) is 11.9 Å². The van der Waals surface area contributed by atoms with Gasteiger partial charge >= 0.3 is 0 Å². The molecule has 3 aliphatic rings. The van der Waals surface area contributed by atoms with Crippen LogP contribution in [-0.4, -0.2) is 45.9 Å². The molecule has 0 aromatic heterocycles. The van der Waals surface area contributed by atoms with Crippen LogP contribution in [0.4, 0.5) is 0 Å². The quantitative estimate of drug-likeness (QED) is 0.433. The third-order valence-electron chi connectivity index (χ3n) is 4.03. The molecule has 104 valence electrons. The van der Waals surface area contributed by atoms with Crippen molar-refractivity contribution in [2.24, 2.45) is 9.98 Å². The summed E-state index contributed by atoms with van der Waals surface area (Å²) in [7, 11) is 2.05. The average molecular weight is 336 g/mol. The highest BCUT2D eigenvalue weighted by Crippen LogP contribution is 2.37. The van der Waals surface area contributed by atoms with E-state index in [9.17, 15) is 4.79 Å². The number of nitrogens with zero attached hydrogens (tertiary/aromatic N) is 4. The van der Waals surface area contributed by atoms with Gasteiger partial charge in [-0.15, -0.1) is 0 Å². The van der Waals surface area contributed by atoms with Gasteiger partial charge in [0.25, 0.3) is 4.74 Å². The first-order valence-electron chi connectivity index (χ1n) is 6.57. The lowest BCUT2D eigenvalue weighted by molar-refractivity contribution is -0.709. The molecule has 0 spiro atoms. The van der Waals surface area contributed by atoms with Crippen molar-refractivity contribution in [3.05, 3.63) is 36.4 Å². The van der Waals surface area contributed by atoms with E-state index in [-0.39, 0.29) is 11.9 Å². The van der Waals surface area contributed by atoms with Crippen LogP contribution >= 0.6 is 15.9 Å². The summed E-state index contributed by atoms with van der Waals surface area (Å²) in [4.78, 5) is 22.7. The molecule has 0 bridgehead atoms. The van der Waals surface area contributed by atoms with Gasteiger partial charge < -0.3 is 4.90 Å². The largest absolute Gasteiger partial charge is 0.330 e. The molecule has 6 heteroatoms. The number of rotatable bonds is 2. The van der Waals surface area contributed by atoms with Crippen molar-refractivity contribution in [2.45, 2.75) is 18.9 Å². The van der Waals surface area contributed by atoms with E-state index in [1.807, 2.05) is 24.4 Å². The van der Waals surface area contributed by atoms with Crippen molar-refractivity contribution in [3.8, 4) is 0 Å². The van der Waals surface area contributed by atoms with Crippen LogP contribution in [0.25, 0.3) is 0 Å². The van der Waals surface area contributed by atoms with Crippen LogP contribution in [-0.2, 0) is 4.79 Å². The molecule has 3 aliphatic heterocycles. The number of carbonyl (C=O) groups is 1. The minimum atomic E-state index is -0.0312. The second-order valence-corrected chi connectivity index (χ2v) is 5.91. The Hall–Kier alpha value is -1.53. The maximum atomic E-state index is 12.0. The highest BCUT2D eigenvalue weighted by atomic mass is 79.9. The first-order chi connectivity index (χ1) is 9.58. The first kappa shape index (κ1) is 13.5. The topological polar surface area (TPSA) is 45.0 Å². The molecule has 0 aliphatic carbocycles. The number of carbonyl (C=O) groups excluding carboxylic acids is 1. The fourth-order valence-electron chi connectivity index (χ4n) is 2.89. The van der Waals surface area contributed by atoms with Gasteiger partial charge in [0.15, 0.2) is 5.70 Å². The van der Waals surface area contributed by atoms with E-state index in [1.54, 1.807) is 6.20 Å². The molecule has 5 nitrogen and oxygen atoms in total. The van der Waals surface area contributed by atoms with E-state index < -0.39 is 0 Å². The van der Waals surface area contributed by atoms with Crippen LogP contribution in [0.1, 0.15) is 12.8 Å². The Kier molecular flexibility index (Phi) is 3.22. The Balaban J connectivity index is 2.03. The van der Waals surface area contributed by atoms with E-state index in [4.69, 9.17) is 0 Å². The molecule has 0 N–H and O–H groups in total. The standard InChI is InChI=1S/C14H16BrN4O/c1-3-12(20)18-7-4-5-10(18)13-11-9-16-6-8-19(11,2)14(15)17-13/h3,6,8-10H,1,4-5,7H2,2H3/q+1. The Bertz CT molecular complexity index is 604. The van der Waals surface area contributed by atoms with Crippen LogP contribution in [0, 0.1) is 0 Å². The molecule has 0 radical (unpaired) electrons. The number of quaternary nitrogens is 1. The van der Waals surface area contributed by atoms with Gasteiger partial charge in [-0.1, -0.05) is 6.58 Å². The van der Waals surface area contributed by atoms with Gasteiger partial charge in [0.2, 0.25) is 5.91 Å². The van der Waals surface area contributed by atoms with Gasteiger partial charge in [-0.25, -0.2) is 4.48 Å². The van der Waals surface area contributed by atoms with Gasteiger partial charge in [-0.3, -0.25) is 9.79 Å². The van der Waals surface area contributed by atoms with Crippen LogP contribution < -0.4 is 0 Å². The SMILES string of the molecule is C=CC(=O)N1CCCC1C1=C2C=NC=C[N+]2(C)C(Br)=N1. The Morgan fingerprint density at radius 3 is 3.20 bits per heavy atom. The summed E-state index contributed by atoms with van der Waals surface area (Å²) in [5, 5.41) is 0. The van der Waals surface area contributed by atoms with Gasteiger partial charge in [0.05, 0.1) is 25.5 Å². The molecule has 1 saturated heterocycles. The number of halogens is 1. The summed E-state index contributed by atoms with van der Waals surface area (Å²) >= 11 is 3.54. The summed E-state index contributed by atoms with van der Waals surface area (Å²) < 4.78 is 1.30. The Morgan fingerprint density at radius 2 is 2.45 bits per heavy atom. The number of amidine groups is 1. The fourth-order valence-corrected chi connectivity index (χ4v) is 3.39. The summed E-state index contributed by atoms with van der Waals surface area (Å²) in [6, 6.07) is 0.0148. The van der Waals surface area contributed by atoms with E-state index in [2.05, 4.69) is 32.5 Å². The average Bonchev–Trinajstić information content (AvgIpc) is 3.02. The monoisotopic (exact) mass is 335 g/mol. The van der Waals surface area contributed by atoms with Gasteiger partial charge in [0, 0.05) is 22.5 Å². The van der Waals surface area contributed by atoms with Crippen molar-refractivity contribution in [3.63, 3.8) is 0 Å². The minimum absolute atomic E-state index is 0.0148. The molecule has 20 heavy (non-hydrogen) atoms. The highest BCUT2D eigenvalue weighted by Gasteiger charge is 2.45. The second kappa shape index (κ2) is 4.79. The molecular weight excluding hydrogens is 320 g/mol. The normalized spacial score (nSPS) is 31.6. The number of hydrogen-bond acceptors (Lipinski definition) is 3. The van der Waals surface area contributed by atoms with Crippen LogP contribution in [0.3, 0.4) is 0 Å². The number of likely N-dealkylation sites (tertiary alicyclic amines) is 1. The van der Waals surface area contributed by atoms with Crippen molar-refractivity contribution in [2.75, 3.05) is 13.6 Å². The molecule has 3 heterocycles. The Labute approximate surface area is 126 Å². The molecule has 2 unspecified atom stereocenters. The lowest BCUT2D eigenvalue weighted by Gasteiger charge is -2.27. The zero-order valence-corrected chi connectivity index (χ0v) is 12.9. The number of aliphatic imine (C=N–C) groups is 2. The highest BCUT2D eigenvalue weighted by molar-refractivity contribution is 9.18. The van der Waals surface area contributed by atoms with Crippen LogP contribution in [0.5, 0.6) is 0 Å². The van der Waals surface area contributed by atoms with Gasteiger partial charge in [-0.2, -0.15) is 4.99 Å². The van der Waals surface area contributed by atoms with Crippen molar-refractivity contribution in [1.82, 2.24) is 4.90 Å². The van der Waals surface area contributed by atoms with E-state index >= 15 is 0 Å². The molecule has 0 saturated carbocycles. The summed E-state index contributed by atoms with van der Waals surface area (Å²) in [5.74, 6) is -0.0312. The lowest BCUT2D eigenvalue weighted by Crippen LogP contribution is -2.41. The zero-order valence-electron chi connectivity index (χ0n) is 11.3. The predicted octanol–water partition coefficient (Wildman–Crippen LogP) is 2.14. The number of amides is 1. The van der Waals surface area contributed by atoms with Crippen LogP contribution in [0.15, 0.2) is 46.4 Å². The maximum Gasteiger partial charge on any atom is 0.281 e. The van der Waals surface area contributed by atoms with Crippen molar-refractivity contribution < 1.29 is 9.28 Å². The molecule has 2 atom stereocenters. The Morgan fingerprint density at radius 1 is 1.65 bits per heavy atom. The lowest BCUT2D eigenvalue weighted by atomic mass is 10.1. The minimum Gasteiger partial charge on any atom is -0.330 e. The molecule has 3 rings (SSSR count). The summed E-state index contributed by atoms with van der Waals surface area (Å²) in [5.41, 5.74) is 1.95. The smallest absolute Gasteiger partial charge is 0.281 e. The number of fused-ring (bicyclic) bond motifs is 1. The first-order valence-corrected chi connectivity index (χ1v) is 7.37. The fraction of sp³-hybridized carbons (Fsp3) is 0.357. The van der Waals surface area contributed by atoms with E-state index in [0.29, 0.717) is 4.48 Å². The van der Waals surface area contributed by atoms with Gasteiger partial charge in [-0.05, 0) is 18.9 Å². The predicted molar refractivity (Wildman–Crippen MR) is 82.1 cm³/mol. The van der Waals surface area contributed by atoms with Crippen molar-refractivity contribution in [1.29, 1.82) is 0 Å². The van der Waals surface area contributed by atoms with Crippen LogP contribution in [0.2, 0.25) is 0 Å². The maximum absolute atomic E-state index is 12.0. The number of allylic oxidation sites excluding steroid dienone is 1. The molecule has 0 aromatic carbocycles. The zero-order chi connectivity index (χ0) is 14.3. The van der Waals surface area contributed by atoms with E-state index in [1.165, 1.54) is 6.08 Å². The summed E-state index contributed by atoms with van der Waals surface area (Å²) in [6.45, 7) is 4.34. The number of hydrogen-bond donors (Lipinski definition) is 0. The van der Waals surface area contributed by atoms with E-state index in [0.717, 1.165) is 35.5 Å². The second-order valence-electron chi connectivity index (χ2n) is 5.20. The molecule has 1 fully saturated rings. The molecule has 1 amide bonds. The molecule has 0 aromatic rings.